The summed E-state index contributed by atoms with van der Waals surface area (Å²) < 4.78 is 0. The van der Waals surface area contributed by atoms with E-state index >= 15 is 0 Å². The van der Waals surface area contributed by atoms with Gasteiger partial charge in [0.2, 0.25) is 0 Å². The minimum atomic E-state index is -2.13. The fraction of sp³-hybridized carbons (Fsp3) is 0.167. The smallest absolute Gasteiger partial charge is 0.252 e. The van der Waals surface area contributed by atoms with E-state index in [-0.39, 0.29) is 6.71 Å². The molecule has 4 aliphatic carbocycles. The average molecular weight is 1010 g/mol. The van der Waals surface area contributed by atoms with Crippen LogP contribution in [-0.4, -0.2) is 14.8 Å². The molecule has 0 aromatic heterocycles. The lowest BCUT2D eigenvalue weighted by Gasteiger charge is -2.57. The minimum absolute atomic E-state index is 0.0290. The number of para-hydroxylation sites is 1. The van der Waals surface area contributed by atoms with Gasteiger partial charge in [0, 0.05) is 51.2 Å². The lowest BCUT2D eigenvalue weighted by Crippen LogP contribution is -2.61. The summed E-state index contributed by atoms with van der Waals surface area (Å²) in [7, 11) is -2.13. The molecule has 0 unspecified atom stereocenters. The monoisotopic (exact) mass is 1010 g/mol. The summed E-state index contributed by atoms with van der Waals surface area (Å²) in [4.78, 5) is 7.74. The van der Waals surface area contributed by atoms with Crippen molar-refractivity contribution in [2.24, 2.45) is 17.8 Å². The zero-order valence-electron chi connectivity index (χ0n) is 43.9. The summed E-state index contributed by atoms with van der Waals surface area (Å²) in [5.74, 6) is 2.72. The van der Waals surface area contributed by atoms with E-state index in [9.17, 15) is 0 Å². The zero-order valence-corrected chi connectivity index (χ0v) is 44.9. The number of rotatable bonds is 7. The first-order valence-corrected chi connectivity index (χ1v) is 31.3. The van der Waals surface area contributed by atoms with Gasteiger partial charge in [0.25, 0.3) is 6.71 Å². The molecule has 5 heteroatoms. The Morgan fingerprint density at radius 1 is 0.351 bits per heavy atom. The predicted molar refractivity (Wildman–Crippen MR) is 328 cm³/mol. The molecule has 0 saturated heterocycles. The van der Waals surface area contributed by atoms with Crippen LogP contribution in [0.25, 0.3) is 33.4 Å². The highest BCUT2D eigenvalue weighted by atomic mass is 28.3. The Morgan fingerprint density at radius 2 is 0.805 bits per heavy atom. The average Bonchev–Trinajstić information content (AvgIpc) is 3.63. The summed E-state index contributed by atoms with van der Waals surface area (Å²) in [5.41, 5.74) is 24.2. The van der Waals surface area contributed by atoms with E-state index in [0.29, 0.717) is 5.41 Å². The van der Waals surface area contributed by atoms with Gasteiger partial charge in [-0.05, 0) is 194 Å². The third-order valence-electron chi connectivity index (χ3n) is 19.2. The third-order valence-corrected chi connectivity index (χ3v) is 22.7. The van der Waals surface area contributed by atoms with Crippen LogP contribution >= 0.6 is 0 Å². The number of benzene rings is 10. The van der Waals surface area contributed by atoms with Crippen LogP contribution in [-0.2, 0) is 5.41 Å². The predicted octanol–water partition coefficient (Wildman–Crippen LogP) is 15.8. The summed E-state index contributed by atoms with van der Waals surface area (Å²) >= 11 is 0. The highest BCUT2D eigenvalue weighted by molar-refractivity contribution is 7.03. The van der Waals surface area contributed by atoms with Crippen LogP contribution in [0, 0.1) is 17.8 Å². The Balaban J connectivity index is 0.904. The first kappa shape index (κ1) is 45.1. The molecule has 0 amide bonds. The van der Waals surface area contributed by atoms with Crippen LogP contribution in [0.5, 0.6) is 0 Å². The molecule has 0 N–H and O–H groups in total. The minimum Gasteiger partial charge on any atom is -0.311 e. The van der Waals surface area contributed by atoms with Crippen molar-refractivity contribution in [3.8, 4) is 33.4 Å². The molecule has 77 heavy (non-hydrogen) atoms. The number of nitrogens with zero attached hydrogens (tertiary/aromatic N) is 3. The largest absolute Gasteiger partial charge is 0.311 e. The maximum Gasteiger partial charge on any atom is 0.252 e. The molecule has 4 fully saturated rings. The fourth-order valence-corrected chi connectivity index (χ4v) is 19.1. The molecule has 0 spiro atoms. The van der Waals surface area contributed by atoms with Crippen LogP contribution in [0.4, 0.5) is 51.2 Å². The van der Waals surface area contributed by atoms with E-state index in [1.807, 2.05) is 0 Å². The molecule has 0 atom stereocenters. The number of fused-ring (bicyclic) bond motifs is 6. The van der Waals surface area contributed by atoms with Crippen molar-refractivity contribution in [2.45, 2.75) is 57.0 Å². The topological polar surface area (TPSA) is 9.72 Å². The quantitative estimate of drug-likeness (QED) is 0.147. The van der Waals surface area contributed by atoms with Crippen LogP contribution in [0.15, 0.2) is 237 Å². The van der Waals surface area contributed by atoms with Crippen LogP contribution in [0.2, 0.25) is 13.1 Å². The highest BCUT2D eigenvalue weighted by Gasteiger charge is 2.52. The van der Waals surface area contributed by atoms with E-state index in [1.54, 1.807) is 10.8 Å². The van der Waals surface area contributed by atoms with Gasteiger partial charge in [-0.3, -0.25) is 0 Å². The van der Waals surface area contributed by atoms with Gasteiger partial charge in [0.05, 0.1) is 0 Å². The van der Waals surface area contributed by atoms with Crippen LogP contribution in [0.3, 0.4) is 0 Å². The summed E-state index contributed by atoms with van der Waals surface area (Å²) in [6, 6.07) is 89.9. The van der Waals surface area contributed by atoms with Crippen molar-refractivity contribution in [3.63, 3.8) is 0 Å². The van der Waals surface area contributed by atoms with Gasteiger partial charge < -0.3 is 14.7 Å². The molecule has 4 bridgehead atoms. The van der Waals surface area contributed by atoms with E-state index in [1.165, 1.54) is 133 Å². The van der Waals surface area contributed by atoms with Gasteiger partial charge in [-0.25, -0.2) is 0 Å². The van der Waals surface area contributed by atoms with Crippen LogP contribution in [0.1, 0.15) is 44.1 Å². The van der Waals surface area contributed by atoms with E-state index < -0.39 is 8.07 Å². The molecule has 3 aliphatic heterocycles. The second kappa shape index (κ2) is 17.2. The molecular formula is C72H60BN3Si. The van der Waals surface area contributed by atoms with Gasteiger partial charge in [-0.1, -0.05) is 183 Å². The lowest BCUT2D eigenvalue weighted by atomic mass is 9.33. The van der Waals surface area contributed by atoms with Crippen molar-refractivity contribution < 1.29 is 0 Å². The van der Waals surface area contributed by atoms with E-state index in [0.717, 1.165) is 29.1 Å². The Hall–Kier alpha value is -8.12. The van der Waals surface area contributed by atoms with Crippen LogP contribution < -0.4 is 41.5 Å². The van der Waals surface area contributed by atoms with Crippen molar-refractivity contribution in [3.05, 3.63) is 242 Å². The lowest BCUT2D eigenvalue weighted by molar-refractivity contribution is -0.00515. The van der Waals surface area contributed by atoms with Crippen molar-refractivity contribution >= 4 is 92.7 Å². The molecule has 10 aromatic rings. The first-order valence-electron chi connectivity index (χ1n) is 28.3. The van der Waals surface area contributed by atoms with Gasteiger partial charge in [0.15, 0.2) is 0 Å². The molecule has 4 saturated carbocycles. The second-order valence-corrected chi connectivity index (χ2v) is 28.3. The maximum atomic E-state index is 2.75. The highest BCUT2D eigenvalue weighted by Crippen LogP contribution is 2.61. The molecule has 3 heterocycles. The summed E-state index contributed by atoms with van der Waals surface area (Å²) in [6.45, 7) is 5.19. The Labute approximate surface area is 455 Å². The molecule has 7 aliphatic rings. The molecular weight excluding hydrogens is 946 g/mol. The fourth-order valence-electron chi connectivity index (χ4n) is 16.1. The molecule has 17 rings (SSSR count). The summed E-state index contributed by atoms with van der Waals surface area (Å²) in [6.07, 6.45) is 8.53. The Morgan fingerprint density at radius 3 is 1.40 bits per heavy atom. The van der Waals surface area contributed by atoms with Crippen molar-refractivity contribution in [2.75, 3.05) is 14.7 Å². The normalized spacial score (nSPS) is 20.7. The van der Waals surface area contributed by atoms with Gasteiger partial charge in [0.1, 0.15) is 8.07 Å². The van der Waals surface area contributed by atoms with E-state index in [2.05, 4.69) is 264 Å². The number of hydrogen-bond donors (Lipinski definition) is 0. The third kappa shape index (κ3) is 7.02. The standard InChI is InChI=1S/C72H60BN3Si/c1-77(2)69-24-13-12-21-64(69)76(65-38-30-57(43-70(65)77)72-45-48-39-49(46-72)41-50(40-48)47-72)60-35-36-61-68(44-60)75(59-33-27-55(28-34-59)52-17-8-4-9-18-52)67-23-14-22-66-71(67)73(61)62-42-56(53-19-10-5-11-20-53)29-37-63(62)74(66)58-31-25-54(26-32-58)51-15-6-3-7-16-51/h3-38,42-44,48-50H,39-41,45-47H2,1-2H3. The Bertz CT molecular complexity index is 3910. The molecule has 10 aromatic carbocycles. The molecule has 0 radical (unpaired) electrons. The van der Waals surface area contributed by atoms with Gasteiger partial charge >= 0.3 is 0 Å². The van der Waals surface area contributed by atoms with Crippen molar-refractivity contribution in [1.29, 1.82) is 0 Å². The maximum absolute atomic E-state index is 2.75. The first-order chi connectivity index (χ1) is 37.8. The Kier molecular flexibility index (Phi) is 10.1. The molecule has 3 nitrogen and oxygen atoms in total. The summed E-state index contributed by atoms with van der Waals surface area (Å²) in [5, 5.41) is 3.10. The second-order valence-electron chi connectivity index (χ2n) is 23.9. The van der Waals surface area contributed by atoms with Gasteiger partial charge in [-0.15, -0.1) is 0 Å². The number of hydrogen-bond acceptors (Lipinski definition) is 3. The van der Waals surface area contributed by atoms with Gasteiger partial charge in [-0.2, -0.15) is 0 Å². The molecule has 370 valence electrons. The van der Waals surface area contributed by atoms with E-state index in [4.69, 9.17) is 0 Å². The SMILES string of the molecule is C[Si]1(C)c2ccccc2N(c2ccc3c(c2)N(c2ccc(-c4ccccc4)cc2)c2cccc4c2B3c2cc(-c3ccccc3)ccc2N4c2ccc(-c3ccccc3)cc2)c2ccc(C34CC5CC(CC(C5)C3)C4)cc21. The number of anilines is 9. The van der Waals surface area contributed by atoms with Crippen molar-refractivity contribution in [1.82, 2.24) is 0 Å². The zero-order chi connectivity index (χ0) is 51.0.